The number of benzene rings is 3. The predicted octanol–water partition coefficient (Wildman–Crippen LogP) is 5.77. The molecule has 5 nitrogen and oxygen atoms in total. The van der Waals surface area contributed by atoms with Crippen LogP contribution in [0.1, 0.15) is 15.9 Å². The van der Waals surface area contributed by atoms with E-state index in [-0.39, 0.29) is 11.3 Å². The molecule has 1 aromatic heterocycles. The van der Waals surface area contributed by atoms with Crippen LogP contribution >= 0.6 is 0 Å². The van der Waals surface area contributed by atoms with Gasteiger partial charge >= 0.3 is 6.18 Å². The van der Waals surface area contributed by atoms with Gasteiger partial charge in [0.2, 0.25) is 5.91 Å². The quantitative estimate of drug-likeness (QED) is 0.368. The molecule has 0 radical (unpaired) electrons. The smallest absolute Gasteiger partial charge is 0.332 e. The summed E-state index contributed by atoms with van der Waals surface area (Å²) in [5, 5.41) is 2.77. The molecule has 35 heavy (non-hydrogen) atoms. The Hall–Kier alpha value is -4.27. The van der Waals surface area contributed by atoms with Crippen LogP contribution in [0, 0.1) is 5.82 Å². The summed E-state index contributed by atoms with van der Waals surface area (Å²) < 4.78 is 53.0. The van der Waals surface area contributed by atoms with Gasteiger partial charge < -0.3 is 10.2 Å². The normalized spacial score (nSPS) is 11.3. The van der Waals surface area contributed by atoms with Gasteiger partial charge in [0.15, 0.2) is 0 Å². The number of nitrogens with one attached hydrogen (secondary N) is 1. The first-order valence-corrected chi connectivity index (χ1v) is 10.5. The molecule has 4 rings (SSSR count). The molecule has 9 heteroatoms. The minimum absolute atomic E-state index is 0.251. The van der Waals surface area contributed by atoms with Gasteiger partial charge in [0.05, 0.1) is 34.6 Å². The van der Waals surface area contributed by atoms with Gasteiger partial charge in [0, 0.05) is 18.0 Å². The van der Waals surface area contributed by atoms with Crippen molar-refractivity contribution in [3.63, 3.8) is 0 Å². The van der Waals surface area contributed by atoms with Crippen LogP contribution in [-0.4, -0.2) is 35.3 Å². The summed E-state index contributed by atoms with van der Waals surface area (Å²) in [4.78, 5) is 31.5. The van der Waals surface area contributed by atoms with Crippen molar-refractivity contribution >= 4 is 28.4 Å². The zero-order valence-corrected chi connectivity index (χ0v) is 18.4. The number of halogens is 4. The average Bonchev–Trinajstić information content (AvgIpc) is 2.83. The molecule has 0 bridgehead atoms. The van der Waals surface area contributed by atoms with Gasteiger partial charge in [-0.1, -0.05) is 30.3 Å². The predicted molar refractivity (Wildman–Crippen MR) is 124 cm³/mol. The minimum Gasteiger partial charge on any atom is -0.332 e. The van der Waals surface area contributed by atoms with Crippen molar-refractivity contribution in [3.05, 3.63) is 95.8 Å². The fourth-order valence-corrected chi connectivity index (χ4v) is 3.64. The number of fused-ring (bicyclic) bond motifs is 1. The number of aromatic nitrogens is 1. The number of rotatable bonds is 5. The Labute approximate surface area is 198 Å². The molecular weight excluding hydrogens is 462 g/mol. The number of para-hydroxylation sites is 2. The third-order valence-electron chi connectivity index (χ3n) is 5.32. The van der Waals surface area contributed by atoms with E-state index in [1.807, 2.05) is 0 Å². The van der Waals surface area contributed by atoms with Crippen molar-refractivity contribution in [2.75, 3.05) is 18.9 Å². The molecule has 0 aliphatic heterocycles. The van der Waals surface area contributed by atoms with Gasteiger partial charge in [-0.2, -0.15) is 13.2 Å². The zero-order chi connectivity index (χ0) is 25.2. The number of pyridine rings is 1. The van der Waals surface area contributed by atoms with Crippen molar-refractivity contribution in [2.24, 2.45) is 0 Å². The fraction of sp³-hybridized carbons (Fsp3) is 0.115. The lowest BCUT2D eigenvalue weighted by Crippen LogP contribution is -2.35. The molecule has 178 valence electrons. The van der Waals surface area contributed by atoms with E-state index < -0.39 is 35.9 Å². The number of amides is 2. The lowest BCUT2D eigenvalue weighted by Gasteiger charge is -2.19. The van der Waals surface area contributed by atoms with Gasteiger partial charge in [-0.15, -0.1) is 0 Å². The summed E-state index contributed by atoms with van der Waals surface area (Å²) in [5.41, 5.74) is 0.431. The van der Waals surface area contributed by atoms with Crippen molar-refractivity contribution in [2.45, 2.75) is 6.18 Å². The maximum absolute atomic E-state index is 13.4. The molecule has 0 saturated heterocycles. The van der Waals surface area contributed by atoms with Gasteiger partial charge in [0.25, 0.3) is 5.91 Å². The van der Waals surface area contributed by atoms with Crippen LogP contribution in [0.5, 0.6) is 0 Å². The van der Waals surface area contributed by atoms with Gasteiger partial charge in [-0.3, -0.25) is 9.59 Å². The zero-order valence-electron chi connectivity index (χ0n) is 18.4. The molecule has 0 spiro atoms. The molecule has 0 unspecified atom stereocenters. The summed E-state index contributed by atoms with van der Waals surface area (Å²) in [5.74, 6) is -1.72. The number of hydrogen-bond acceptors (Lipinski definition) is 3. The molecular formula is C26H19F4N3O2. The van der Waals surface area contributed by atoms with E-state index in [0.29, 0.717) is 22.2 Å². The largest absolute Gasteiger partial charge is 0.418 e. The monoisotopic (exact) mass is 481 g/mol. The number of nitrogens with zero attached hydrogens (tertiary/aromatic N) is 2. The number of hydrogen-bond donors (Lipinski definition) is 1. The Morgan fingerprint density at radius 3 is 2.31 bits per heavy atom. The third-order valence-corrected chi connectivity index (χ3v) is 5.32. The minimum atomic E-state index is -4.64. The Morgan fingerprint density at radius 2 is 1.60 bits per heavy atom. The molecule has 0 atom stereocenters. The molecule has 0 saturated carbocycles. The van der Waals surface area contributed by atoms with Crippen molar-refractivity contribution in [1.82, 2.24) is 9.88 Å². The number of likely N-dealkylation sites (N-methyl/N-ethyl adjacent to an activating group) is 1. The summed E-state index contributed by atoms with van der Waals surface area (Å²) in [6, 6.07) is 18.7. The molecule has 1 heterocycles. The summed E-state index contributed by atoms with van der Waals surface area (Å²) in [6.07, 6.45) is -4.64. The Bertz CT molecular complexity index is 1400. The highest BCUT2D eigenvalue weighted by molar-refractivity contribution is 6.08. The highest BCUT2D eigenvalue weighted by Crippen LogP contribution is 2.34. The van der Waals surface area contributed by atoms with Crippen LogP contribution in [0.2, 0.25) is 0 Å². The van der Waals surface area contributed by atoms with Crippen molar-refractivity contribution in [1.29, 1.82) is 0 Å². The highest BCUT2D eigenvalue weighted by Gasteiger charge is 2.33. The van der Waals surface area contributed by atoms with Crippen LogP contribution in [0.3, 0.4) is 0 Å². The average molecular weight is 481 g/mol. The second kappa shape index (κ2) is 9.54. The van der Waals surface area contributed by atoms with E-state index in [9.17, 15) is 27.2 Å². The van der Waals surface area contributed by atoms with E-state index >= 15 is 0 Å². The molecule has 3 aromatic carbocycles. The van der Waals surface area contributed by atoms with Crippen LogP contribution < -0.4 is 5.32 Å². The Morgan fingerprint density at radius 1 is 0.943 bits per heavy atom. The van der Waals surface area contributed by atoms with Crippen LogP contribution in [0.25, 0.3) is 22.2 Å². The highest BCUT2D eigenvalue weighted by atomic mass is 19.4. The first-order chi connectivity index (χ1) is 16.6. The Balaban J connectivity index is 1.60. The maximum Gasteiger partial charge on any atom is 0.418 e. The van der Waals surface area contributed by atoms with E-state index in [2.05, 4.69) is 10.3 Å². The molecule has 1 N–H and O–H groups in total. The van der Waals surface area contributed by atoms with Gasteiger partial charge in [-0.25, -0.2) is 9.37 Å². The topological polar surface area (TPSA) is 62.3 Å². The second-order valence-corrected chi connectivity index (χ2v) is 7.83. The van der Waals surface area contributed by atoms with Crippen molar-refractivity contribution < 1.29 is 27.2 Å². The Kier molecular flexibility index (Phi) is 6.50. The lowest BCUT2D eigenvalue weighted by atomic mass is 10.0. The SMILES string of the molecule is CN(CC(=O)Nc1ccccc1C(F)(F)F)C(=O)c1cc(-c2ccc(F)cc2)nc2ccccc12. The number of anilines is 1. The third kappa shape index (κ3) is 5.29. The first kappa shape index (κ1) is 23.9. The summed E-state index contributed by atoms with van der Waals surface area (Å²) in [6.45, 7) is -0.479. The second-order valence-electron chi connectivity index (χ2n) is 7.83. The number of alkyl halides is 3. The molecule has 2 amide bonds. The van der Waals surface area contributed by atoms with E-state index in [1.165, 1.54) is 43.4 Å². The number of carbonyl (C=O) groups excluding carboxylic acids is 2. The first-order valence-electron chi connectivity index (χ1n) is 10.5. The number of carbonyl (C=O) groups is 2. The fourth-order valence-electron chi connectivity index (χ4n) is 3.64. The van der Waals surface area contributed by atoms with E-state index in [4.69, 9.17) is 0 Å². The van der Waals surface area contributed by atoms with E-state index in [1.54, 1.807) is 30.3 Å². The van der Waals surface area contributed by atoms with Crippen LogP contribution in [0.4, 0.5) is 23.2 Å². The van der Waals surface area contributed by atoms with Crippen LogP contribution in [0.15, 0.2) is 78.9 Å². The van der Waals surface area contributed by atoms with E-state index in [0.717, 1.165) is 17.0 Å². The maximum atomic E-state index is 13.4. The summed E-state index contributed by atoms with van der Waals surface area (Å²) in [7, 11) is 1.38. The molecule has 0 fully saturated rings. The van der Waals surface area contributed by atoms with Crippen LogP contribution in [-0.2, 0) is 11.0 Å². The molecule has 4 aromatic rings. The molecule has 0 aliphatic rings. The summed E-state index contributed by atoms with van der Waals surface area (Å²) >= 11 is 0. The standard InChI is InChI=1S/C26H19F4N3O2/c1-33(15-24(34)32-22-9-5-3-7-20(22)26(28,29)30)25(35)19-14-23(16-10-12-17(27)13-11-16)31-21-8-4-2-6-18(19)21/h2-14H,15H2,1H3,(H,32,34). The molecule has 0 aliphatic carbocycles. The van der Waals surface area contributed by atoms with Gasteiger partial charge in [0.1, 0.15) is 5.82 Å². The van der Waals surface area contributed by atoms with Gasteiger partial charge in [-0.05, 0) is 48.5 Å². The van der Waals surface area contributed by atoms with Crippen molar-refractivity contribution in [3.8, 4) is 11.3 Å². The lowest BCUT2D eigenvalue weighted by molar-refractivity contribution is -0.137.